The second-order valence-electron chi connectivity index (χ2n) is 10.7. The smallest absolute Gasteiger partial charge is 0.255 e. The van der Waals surface area contributed by atoms with Gasteiger partial charge in [-0.15, -0.1) is 0 Å². The van der Waals surface area contributed by atoms with Crippen LogP contribution in [0.2, 0.25) is 0 Å². The second-order valence-corrected chi connectivity index (χ2v) is 10.7. The third kappa shape index (κ3) is 3.20. The number of ketones is 2. The lowest BCUT2D eigenvalue weighted by atomic mass is 9.57. The lowest BCUT2D eigenvalue weighted by molar-refractivity contribution is -0.153. The number of carbonyl (C=O) groups excluding carboxylic acids is 3. The van der Waals surface area contributed by atoms with Gasteiger partial charge < -0.3 is 36.4 Å². The molecule has 11 heteroatoms. The zero-order valence-corrected chi connectivity index (χ0v) is 21.2. The molecule has 1 amide bonds. The third-order valence-corrected chi connectivity index (χ3v) is 8.58. The van der Waals surface area contributed by atoms with Crippen molar-refractivity contribution in [3.05, 3.63) is 39.7 Å². The van der Waals surface area contributed by atoms with Crippen molar-refractivity contribution < 1.29 is 34.8 Å². The maximum absolute atomic E-state index is 13.9. The molecule has 1 fully saturated rings. The van der Waals surface area contributed by atoms with Gasteiger partial charge in [-0.3, -0.25) is 19.3 Å². The third-order valence-electron chi connectivity index (χ3n) is 8.58. The molecule has 37 heavy (non-hydrogen) atoms. The van der Waals surface area contributed by atoms with Gasteiger partial charge in [-0.25, -0.2) is 0 Å². The first-order chi connectivity index (χ1) is 17.4. The number of likely N-dealkylation sites (N-methyl/N-ethyl adjacent to an activating group) is 1. The predicted octanol–water partition coefficient (Wildman–Crippen LogP) is 0.0644. The quantitative estimate of drug-likeness (QED) is 0.304. The Morgan fingerprint density at radius 1 is 1.24 bits per heavy atom. The van der Waals surface area contributed by atoms with Crippen molar-refractivity contribution in [1.29, 1.82) is 0 Å². The van der Waals surface area contributed by atoms with Crippen molar-refractivity contribution in [3.8, 4) is 5.75 Å². The van der Waals surface area contributed by atoms with Gasteiger partial charge in [-0.05, 0) is 63.5 Å². The summed E-state index contributed by atoms with van der Waals surface area (Å²) in [5.41, 5.74) is 4.29. The molecule has 1 heterocycles. The van der Waals surface area contributed by atoms with Gasteiger partial charge in [0.2, 0.25) is 5.78 Å². The van der Waals surface area contributed by atoms with Crippen LogP contribution in [0, 0.1) is 11.8 Å². The van der Waals surface area contributed by atoms with E-state index in [0.717, 1.165) is 24.2 Å². The second kappa shape index (κ2) is 8.30. The fourth-order valence-corrected chi connectivity index (χ4v) is 6.94. The summed E-state index contributed by atoms with van der Waals surface area (Å²) in [6.07, 6.45) is 1.16. The van der Waals surface area contributed by atoms with E-state index in [0.29, 0.717) is 5.56 Å². The molecule has 0 spiro atoms. The summed E-state index contributed by atoms with van der Waals surface area (Å²) < 4.78 is 0. The van der Waals surface area contributed by atoms with E-state index < -0.39 is 58.0 Å². The SMILES string of the molecule is CNC1CCN(C)c2c1cc(O)c1c2C[C@@H]2C[C@@H]3[C@@H](N(C)C)C(=O)C(C(N)=O)=C(O)[C@@]3(O)C(=O)C2=C1O. The summed E-state index contributed by atoms with van der Waals surface area (Å²) in [6.45, 7) is 0.741. The van der Waals surface area contributed by atoms with Crippen LogP contribution in [0.1, 0.15) is 35.6 Å². The summed E-state index contributed by atoms with van der Waals surface area (Å²) in [4.78, 5) is 42.7. The van der Waals surface area contributed by atoms with Crippen LogP contribution in [0.15, 0.2) is 23.0 Å². The minimum absolute atomic E-state index is 0.00334. The highest BCUT2D eigenvalue weighted by Crippen LogP contribution is 2.55. The molecule has 5 rings (SSSR count). The van der Waals surface area contributed by atoms with Gasteiger partial charge in [0.15, 0.2) is 11.4 Å². The number of aromatic hydroxyl groups is 1. The molecule has 1 aromatic carbocycles. The molecular formula is C26H32N4O7. The fraction of sp³-hybridized carbons (Fsp3) is 0.500. The maximum Gasteiger partial charge on any atom is 0.255 e. The number of Topliss-reactive ketones (excluding diaryl/α,β-unsaturated/α-hetero) is 2. The first kappa shape index (κ1) is 25.2. The zero-order chi connectivity index (χ0) is 27.1. The molecule has 1 unspecified atom stereocenters. The van der Waals surface area contributed by atoms with E-state index in [-0.39, 0.29) is 35.8 Å². The molecule has 11 nitrogen and oxygen atoms in total. The molecule has 3 aliphatic carbocycles. The Morgan fingerprint density at radius 2 is 1.92 bits per heavy atom. The largest absolute Gasteiger partial charge is 0.508 e. The average Bonchev–Trinajstić information content (AvgIpc) is 2.81. The number of phenolic OH excluding ortho intramolecular Hbond substituents is 1. The number of amides is 1. The van der Waals surface area contributed by atoms with Crippen LogP contribution in [0.3, 0.4) is 0 Å². The van der Waals surface area contributed by atoms with E-state index in [1.54, 1.807) is 20.2 Å². The van der Waals surface area contributed by atoms with Gasteiger partial charge in [0, 0.05) is 36.8 Å². The summed E-state index contributed by atoms with van der Waals surface area (Å²) in [5, 5.41) is 48.2. The molecular weight excluding hydrogens is 480 g/mol. The minimum Gasteiger partial charge on any atom is -0.508 e. The van der Waals surface area contributed by atoms with Crippen molar-refractivity contribution in [1.82, 2.24) is 10.2 Å². The molecule has 5 atom stereocenters. The van der Waals surface area contributed by atoms with Crippen LogP contribution in [0.5, 0.6) is 5.75 Å². The van der Waals surface area contributed by atoms with Gasteiger partial charge >= 0.3 is 0 Å². The molecule has 4 aliphatic rings. The Bertz CT molecular complexity index is 1320. The number of fused-ring (bicyclic) bond motifs is 5. The van der Waals surface area contributed by atoms with Crippen LogP contribution in [0.4, 0.5) is 5.69 Å². The van der Waals surface area contributed by atoms with Gasteiger partial charge in [0.1, 0.15) is 22.8 Å². The number of rotatable bonds is 3. The Labute approximate surface area is 213 Å². The summed E-state index contributed by atoms with van der Waals surface area (Å²) in [5.74, 6) is -6.48. The normalized spacial score (nSPS) is 31.2. The standard InChI is InChI=1S/C26H32N4O7/c1-28-14-5-6-30(4)19-11(14)9-15(31)17-12(19)7-10-8-13-20(29(2)3)22(33)18(25(27)36)24(35)26(13,37)23(34)16(10)21(17)32/h9-10,13-14,20,28,31-32,35,37H,5-8H2,1-4H3,(H2,27,36)/t10-,13-,14?,20-,26+/m1/s1. The highest BCUT2D eigenvalue weighted by molar-refractivity contribution is 6.24. The Morgan fingerprint density at radius 3 is 2.51 bits per heavy atom. The predicted molar refractivity (Wildman–Crippen MR) is 134 cm³/mol. The van der Waals surface area contributed by atoms with Gasteiger partial charge in [-0.2, -0.15) is 0 Å². The number of anilines is 1. The number of benzene rings is 1. The zero-order valence-electron chi connectivity index (χ0n) is 21.2. The fourth-order valence-electron chi connectivity index (χ4n) is 6.94. The number of hydrogen-bond donors (Lipinski definition) is 6. The Balaban J connectivity index is 1.75. The summed E-state index contributed by atoms with van der Waals surface area (Å²) in [6, 6.07) is 0.472. The number of aliphatic hydroxyl groups is 3. The number of phenols is 1. The van der Waals surface area contributed by atoms with Gasteiger partial charge in [0.05, 0.1) is 11.6 Å². The highest BCUT2D eigenvalue weighted by Gasteiger charge is 2.64. The monoisotopic (exact) mass is 512 g/mol. The van der Waals surface area contributed by atoms with Crippen molar-refractivity contribution in [3.63, 3.8) is 0 Å². The lowest BCUT2D eigenvalue weighted by Gasteiger charge is -2.50. The number of aliphatic hydroxyl groups excluding tert-OH is 2. The van der Waals surface area contributed by atoms with Crippen LogP contribution in [-0.4, -0.2) is 89.2 Å². The molecule has 1 saturated carbocycles. The van der Waals surface area contributed by atoms with E-state index in [9.17, 15) is 34.8 Å². The molecule has 7 N–H and O–H groups in total. The highest BCUT2D eigenvalue weighted by atomic mass is 16.3. The van der Waals surface area contributed by atoms with E-state index >= 15 is 0 Å². The number of nitrogens with zero attached hydrogens (tertiary/aromatic N) is 2. The van der Waals surface area contributed by atoms with Crippen molar-refractivity contribution >= 4 is 28.9 Å². The summed E-state index contributed by atoms with van der Waals surface area (Å²) >= 11 is 0. The molecule has 0 aromatic heterocycles. The number of hydrogen-bond acceptors (Lipinski definition) is 10. The first-order valence-corrected chi connectivity index (χ1v) is 12.3. The van der Waals surface area contributed by atoms with Crippen LogP contribution in [0.25, 0.3) is 5.76 Å². The molecule has 0 bridgehead atoms. The van der Waals surface area contributed by atoms with E-state index in [1.807, 2.05) is 14.1 Å². The van der Waals surface area contributed by atoms with Crippen molar-refractivity contribution in [2.24, 2.45) is 17.6 Å². The average molecular weight is 513 g/mol. The van der Waals surface area contributed by atoms with Gasteiger partial charge in [0.25, 0.3) is 5.91 Å². The topological polar surface area (TPSA) is 177 Å². The van der Waals surface area contributed by atoms with Crippen molar-refractivity contribution in [2.45, 2.75) is 36.9 Å². The van der Waals surface area contributed by atoms with E-state index in [1.165, 1.54) is 4.90 Å². The first-order valence-electron chi connectivity index (χ1n) is 12.3. The molecule has 1 aliphatic heterocycles. The van der Waals surface area contributed by atoms with E-state index in [4.69, 9.17) is 5.73 Å². The molecule has 0 saturated heterocycles. The number of primary amides is 1. The number of carbonyl (C=O) groups is 3. The summed E-state index contributed by atoms with van der Waals surface area (Å²) in [7, 11) is 6.93. The van der Waals surface area contributed by atoms with Crippen LogP contribution in [-0.2, 0) is 20.8 Å². The van der Waals surface area contributed by atoms with Crippen LogP contribution < -0.4 is 16.0 Å². The minimum atomic E-state index is -2.64. The number of nitrogens with two attached hydrogens (primary N) is 1. The molecule has 198 valence electrons. The Kier molecular flexibility index (Phi) is 5.67. The molecule has 1 aromatic rings. The van der Waals surface area contributed by atoms with E-state index in [2.05, 4.69) is 10.2 Å². The lowest BCUT2D eigenvalue weighted by Crippen LogP contribution is -2.65. The molecule has 0 radical (unpaired) electrons. The van der Waals surface area contributed by atoms with Gasteiger partial charge in [-0.1, -0.05) is 0 Å². The Hall–Kier alpha value is -3.41. The maximum atomic E-state index is 13.9. The van der Waals surface area contributed by atoms with Crippen LogP contribution >= 0.6 is 0 Å². The number of nitrogens with one attached hydrogen (secondary N) is 1. The van der Waals surface area contributed by atoms with Crippen molar-refractivity contribution in [2.75, 3.05) is 39.6 Å².